The van der Waals surface area contributed by atoms with E-state index in [-0.39, 0.29) is 0 Å². The number of nitrogens with one attached hydrogen (secondary N) is 1. The van der Waals surface area contributed by atoms with Gasteiger partial charge in [0.25, 0.3) is 0 Å². The number of halogens is 1. The fourth-order valence-corrected chi connectivity index (χ4v) is 1.47. The van der Waals surface area contributed by atoms with Crippen LogP contribution in [0.4, 0.5) is 0 Å². The van der Waals surface area contributed by atoms with Crippen molar-refractivity contribution in [2.24, 2.45) is 0 Å². The number of ether oxygens (including phenoxy) is 1. The van der Waals surface area contributed by atoms with Crippen LogP contribution in [0.1, 0.15) is 6.92 Å². The van der Waals surface area contributed by atoms with Gasteiger partial charge in [0.05, 0.1) is 0 Å². The predicted octanol–water partition coefficient (Wildman–Crippen LogP) is 2.99. The Labute approximate surface area is 99.5 Å². The Bertz CT molecular complexity index is 325. The second kappa shape index (κ2) is 6.64. The van der Waals surface area contributed by atoms with Gasteiger partial charge in [-0.25, -0.2) is 0 Å². The minimum atomic E-state index is 0.559. The Balaban J connectivity index is 2.33. The Morgan fingerprint density at radius 1 is 1.53 bits per heavy atom. The van der Waals surface area contributed by atoms with Gasteiger partial charge in [-0.2, -0.15) is 0 Å². The van der Waals surface area contributed by atoms with Crippen LogP contribution in [0, 0.1) is 0 Å². The summed E-state index contributed by atoms with van der Waals surface area (Å²) in [6.45, 7) is 8.33. The third-order valence-electron chi connectivity index (χ3n) is 1.86. The molecule has 0 atom stereocenters. The molecule has 1 aromatic carbocycles. The molecule has 3 heteroatoms. The summed E-state index contributed by atoms with van der Waals surface area (Å²) in [7, 11) is 0. The molecular weight excluding hydrogens is 254 g/mol. The second-order valence-electron chi connectivity index (χ2n) is 3.28. The van der Waals surface area contributed by atoms with E-state index in [1.54, 1.807) is 0 Å². The number of hydrogen-bond acceptors (Lipinski definition) is 2. The zero-order chi connectivity index (χ0) is 11.1. The van der Waals surface area contributed by atoms with Crippen molar-refractivity contribution in [1.82, 2.24) is 5.32 Å². The molecule has 0 amide bonds. The third kappa shape index (κ3) is 5.00. The van der Waals surface area contributed by atoms with Crippen LogP contribution in [0.15, 0.2) is 40.9 Å². The topological polar surface area (TPSA) is 21.3 Å². The van der Waals surface area contributed by atoms with Gasteiger partial charge in [-0.1, -0.05) is 35.5 Å². The van der Waals surface area contributed by atoms with Gasteiger partial charge in [-0.15, -0.1) is 0 Å². The van der Waals surface area contributed by atoms with Gasteiger partial charge in [-0.3, -0.25) is 0 Å². The van der Waals surface area contributed by atoms with Crippen molar-refractivity contribution in [3.8, 4) is 5.75 Å². The Morgan fingerprint density at radius 3 is 3.00 bits per heavy atom. The lowest BCUT2D eigenvalue weighted by Gasteiger charge is -2.09. The number of benzene rings is 1. The molecule has 0 unspecified atom stereocenters. The van der Waals surface area contributed by atoms with E-state index in [2.05, 4.69) is 34.7 Å². The van der Waals surface area contributed by atoms with E-state index in [0.717, 1.165) is 28.9 Å². The largest absolute Gasteiger partial charge is 0.489 e. The average molecular weight is 270 g/mol. The predicted molar refractivity (Wildman–Crippen MR) is 67.3 cm³/mol. The maximum Gasteiger partial charge on any atom is 0.120 e. The first-order valence-electron chi connectivity index (χ1n) is 4.98. The van der Waals surface area contributed by atoms with Crippen LogP contribution in [-0.2, 0) is 0 Å². The lowest BCUT2D eigenvalue weighted by atomic mass is 10.3. The van der Waals surface area contributed by atoms with Gasteiger partial charge in [0.15, 0.2) is 0 Å². The lowest BCUT2D eigenvalue weighted by molar-refractivity contribution is 0.348. The number of likely N-dealkylation sites (N-methyl/N-ethyl adjacent to an activating group) is 1. The molecule has 0 aromatic heterocycles. The lowest BCUT2D eigenvalue weighted by Crippen LogP contribution is -2.18. The molecule has 0 spiro atoms. The normalized spacial score (nSPS) is 10.0. The van der Waals surface area contributed by atoms with Gasteiger partial charge >= 0.3 is 0 Å². The second-order valence-corrected chi connectivity index (χ2v) is 4.19. The van der Waals surface area contributed by atoms with Crippen LogP contribution < -0.4 is 10.1 Å². The average Bonchev–Trinajstić information content (AvgIpc) is 2.23. The van der Waals surface area contributed by atoms with Crippen LogP contribution >= 0.6 is 15.9 Å². The van der Waals surface area contributed by atoms with E-state index in [1.165, 1.54) is 0 Å². The van der Waals surface area contributed by atoms with Crippen LogP contribution in [0.5, 0.6) is 5.75 Å². The van der Waals surface area contributed by atoms with Gasteiger partial charge < -0.3 is 10.1 Å². The zero-order valence-electron chi connectivity index (χ0n) is 8.92. The smallest absolute Gasteiger partial charge is 0.120 e. The SMILES string of the molecule is C=C(CNCC)COc1cccc(Br)c1. The van der Waals surface area contributed by atoms with Crippen molar-refractivity contribution < 1.29 is 4.74 Å². The summed E-state index contributed by atoms with van der Waals surface area (Å²) in [5.74, 6) is 0.863. The molecule has 0 bridgehead atoms. The Morgan fingerprint density at radius 2 is 2.33 bits per heavy atom. The molecule has 0 fully saturated rings. The first-order chi connectivity index (χ1) is 7.22. The van der Waals surface area contributed by atoms with Crippen molar-refractivity contribution in [1.29, 1.82) is 0 Å². The van der Waals surface area contributed by atoms with E-state index in [1.807, 2.05) is 24.3 Å². The summed E-state index contributed by atoms with van der Waals surface area (Å²) in [4.78, 5) is 0. The fourth-order valence-electron chi connectivity index (χ4n) is 1.09. The van der Waals surface area contributed by atoms with Crippen LogP contribution in [0.3, 0.4) is 0 Å². The van der Waals surface area contributed by atoms with Gasteiger partial charge in [0.2, 0.25) is 0 Å². The highest BCUT2D eigenvalue weighted by atomic mass is 79.9. The van der Waals surface area contributed by atoms with Crippen molar-refractivity contribution in [2.75, 3.05) is 19.7 Å². The summed E-state index contributed by atoms with van der Waals surface area (Å²) >= 11 is 3.40. The minimum absolute atomic E-state index is 0.559. The van der Waals surface area contributed by atoms with Crippen LogP contribution in [0.25, 0.3) is 0 Å². The Kier molecular flexibility index (Phi) is 5.43. The summed E-state index contributed by atoms with van der Waals surface area (Å²) in [6.07, 6.45) is 0. The van der Waals surface area contributed by atoms with E-state index in [0.29, 0.717) is 6.61 Å². The van der Waals surface area contributed by atoms with E-state index in [4.69, 9.17) is 4.74 Å². The van der Waals surface area contributed by atoms with Gasteiger partial charge in [0, 0.05) is 11.0 Å². The standard InChI is InChI=1S/C12H16BrNO/c1-3-14-8-10(2)9-15-12-6-4-5-11(13)7-12/h4-7,14H,2-3,8-9H2,1H3. The fraction of sp³-hybridized carbons (Fsp3) is 0.333. The highest BCUT2D eigenvalue weighted by Crippen LogP contribution is 2.17. The van der Waals surface area contributed by atoms with E-state index >= 15 is 0 Å². The molecule has 0 aliphatic carbocycles. The first-order valence-corrected chi connectivity index (χ1v) is 5.77. The highest BCUT2D eigenvalue weighted by molar-refractivity contribution is 9.10. The van der Waals surface area contributed by atoms with Crippen molar-refractivity contribution in [3.63, 3.8) is 0 Å². The van der Waals surface area contributed by atoms with Crippen molar-refractivity contribution >= 4 is 15.9 Å². The summed E-state index contributed by atoms with van der Waals surface area (Å²) in [6, 6.07) is 7.80. The molecule has 0 aliphatic heterocycles. The van der Waals surface area contributed by atoms with Crippen LogP contribution in [0.2, 0.25) is 0 Å². The number of hydrogen-bond donors (Lipinski definition) is 1. The molecule has 1 aromatic rings. The highest BCUT2D eigenvalue weighted by Gasteiger charge is 1.97. The Hall–Kier alpha value is -0.800. The molecule has 15 heavy (non-hydrogen) atoms. The summed E-state index contributed by atoms with van der Waals surface area (Å²) < 4.78 is 6.60. The molecule has 82 valence electrons. The molecule has 1 rings (SSSR count). The van der Waals surface area contributed by atoms with Crippen LogP contribution in [-0.4, -0.2) is 19.7 Å². The van der Waals surface area contributed by atoms with Crippen molar-refractivity contribution in [3.05, 3.63) is 40.9 Å². The maximum atomic E-state index is 5.58. The quantitative estimate of drug-likeness (QED) is 0.802. The molecule has 0 radical (unpaired) electrons. The molecule has 2 nitrogen and oxygen atoms in total. The molecule has 1 N–H and O–H groups in total. The van der Waals surface area contributed by atoms with E-state index < -0.39 is 0 Å². The van der Waals surface area contributed by atoms with Crippen molar-refractivity contribution in [2.45, 2.75) is 6.92 Å². The molecule has 0 heterocycles. The zero-order valence-corrected chi connectivity index (χ0v) is 10.5. The third-order valence-corrected chi connectivity index (χ3v) is 2.36. The number of rotatable bonds is 6. The monoisotopic (exact) mass is 269 g/mol. The first kappa shape index (κ1) is 12.3. The summed E-state index contributed by atoms with van der Waals surface area (Å²) in [5.41, 5.74) is 1.05. The van der Waals surface area contributed by atoms with E-state index in [9.17, 15) is 0 Å². The molecule has 0 aliphatic rings. The maximum absolute atomic E-state index is 5.58. The minimum Gasteiger partial charge on any atom is -0.489 e. The molecule has 0 saturated heterocycles. The molecular formula is C12H16BrNO. The van der Waals surface area contributed by atoms with Gasteiger partial charge in [-0.05, 0) is 30.3 Å². The summed E-state index contributed by atoms with van der Waals surface area (Å²) in [5, 5.41) is 3.21. The molecule has 0 saturated carbocycles. The van der Waals surface area contributed by atoms with Gasteiger partial charge in [0.1, 0.15) is 12.4 Å².